The van der Waals surface area contributed by atoms with Crippen LogP contribution in [0.1, 0.15) is 23.9 Å². The number of hydrogen-bond donors (Lipinski definition) is 1. The van der Waals surface area contributed by atoms with Crippen LogP contribution in [0.3, 0.4) is 0 Å². The molecule has 1 aromatic carbocycles. The van der Waals surface area contributed by atoms with E-state index in [1.807, 2.05) is 35.9 Å². The Morgan fingerprint density at radius 1 is 1.25 bits per heavy atom. The lowest BCUT2D eigenvalue weighted by atomic mass is 10.2. The molecule has 1 N–H and O–H groups in total. The van der Waals surface area contributed by atoms with E-state index in [0.29, 0.717) is 17.5 Å². The molecule has 0 amide bonds. The van der Waals surface area contributed by atoms with Gasteiger partial charge in [0, 0.05) is 34.9 Å². The van der Waals surface area contributed by atoms with Crippen LogP contribution in [-0.4, -0.2) is 25.0 Å². The summed E-state index contributed by atoms with van der Waals surface area (Å²) in [5.41, 5.74) is 4.97. The summed E-state index contributed by atoms with van der Waals surface area (Å²) < 4.78 is 1.99. The topological polar surface area (TPSA) is 68.5 Å². The quantitative estimate of drug-likeness (QED) is 0.766. The fraction of sp³-hybridized carbons (Fsp3) is 0.294. The van der Waals surface area contributed by atoms with E-state index in [2.05, 4.69) is 39.4 Å². The van der Waals surface area contributed by atoms with Gasteiger partial charge in [-0.25, -0.2) is 4.98 Å². The summed E-state index contributed by atoms with van der Waals surface area (Å²) >= 11 is 6.04. The van der Waals surface area contributed by atoms with Crippen LogP contribution in [0.15, 0.2) is 30.5 Å². The zero-order valence-electron chi connectivity index (χ0n) is 13.9. The molecule has 24 heavy (non-hydrogen) atoms. The third-order valence-corrected chi connectivity index (χ3v) is 4.17. The largest absolute Gasteiger partial charge is 0.349 e. The molecule has 0 radical (unpaired) electrons. The van der Waals surface area contributed by atoms with E-state index in [4.69, 9.17) is 11.6 Å². The molecule has 2 aromatic heterocycles. The van der Waals surface area contributed by atoms with E-state index in [1.165, 1.54) is 0 Å². The SMILES string of the molecule is CCn1nc(C)c(CNc2nncc(-c3cccc(Cl)c3)n2)c1C. The van der Waals surface area contributed by atoms with Crippen LogP contribution in [-0.2, 0) is 13.1 Å². The van der Waals surface area contributed by atoms with Gasteiger partial charge in [0.25, 0.3) is 0 Å². The molecule has 0 aliphatic heterocycles. The Morgan fingerprint density at radius 2 is 2.08 bits per heavy atom. The summed E-state index contributed by atoms with van der Waals surface area (Å²) in [7, 11) is 0. The van der Waals surface area contributed by atoms with Gasteiger partial charge in [-0.2, -0.15) is 10.2 Å². The molecule has 0 saturated heterocycles. The van der Waals surface area contributed by atoms with Crippen molar-refractivity contribution in [3.63, 3.8) is 0 Å². The minimum absolute atomic E-state index is 0.482. The number of aryl methyl sites for hydroxylation is 2. The Balaban J connectivity index is 1.80. The normalized spacial score (nSPS) is 10.8. The predicted octanol–water partition coefficient (Wildman–Crippen LogP) is 3.64. The van der Waals surface area contributed by atoms with Gasteiger partial charge in [0.15, 0.2) is 0 Å². The van der Waals surface area contributed by atoms with Crippen molar-refractivity contribution in [2.24, 2.45) is 0 Å². The van der Waals surface area contributed by atoms with Crippen LogP contribution in [0.2, 0.25) is 5.02 Å². The van der Waals surface area contributed by atoms with Crippen molar-refractivity contribution in [3.8, 4) is 11.3 Å². The van der Waals surface area contributed by atoms with Gasteiger partial charge >= 0.3 is 0 Å². The molecule has 3 aromatic rings. The number of halogens is 1. The van der Waals surface area contributed by atoms with Crippen LogP contribution in [0.4, 0.5) is 5.95 Å². The summed E-state index contributed by atoms with van der Waals surface area (Å²) in [6.07, 6.45) is 1.63. The summed E-state index contributed by atoms with van der Waals surface area (Å²) in [4.78, 5) is 4.51. The number of nitrogens with one attached hydrogen (secondary N) is 1. The van der Waals surface area contributed by atoms with Gasteiger partial charge in [-0.15, -0.1) is 5.10 Å². The van der Waals surface area contributed by atoms with Gasteiger partial charge in [0.2, 0.25) is 5.95 Å². The highest BCUT2D eigenvalue weighted by Gasteiger charge is 2.11. The molecule has 0 spiro atoms. The molecule has 0 aliphatic carbocycles. The van der Waals surface area contributed by atoms with Crippen molar-refractivity contribution in [2.75, 3.05) is 5.32 Å². The number of benzene rings is 1. The summed E-state index contributed by atoms with van der Waals surface area (Å²) in [6, 6.07) is 7.52. The first kappa shape index (κ1) is 16.4. The monoisotopic (exact) mass is 342 g/mol. The maximum atomic E-state index is 6.04. The van der Waals surface area contributed by atoms with Crippen molar-refractivity contribution >= 4 is 17.5 Å². The standard InChI is InChI=1S/C17H19ClN6/c1-4-24-12(3)15(11(2)23-24)9-19-17-21-16(10-20-22-17)13-6-5-7-14(18)8-13/h5-8,10H,4,9H2,1-3H3,(H,19,21,22). The molecule has 7 heteroatoms. The maximum Gasteiger partial charge on any atom is 0.243 e. The Bertz CT molecular complexity index is 858. The van der Waals surface area contributed by atoms with E-state index >= 15 is 0 Å². The Labute approximate surface area is 145 Å². The number of hydrogen-bond acceptors (Lipinski definition) is 5. The van der Waals surface area contributed by atoms with E-state index in [-0.39, 0.29) is 0 Å². The van der Waals surface area contributed by atoms with Crippen LogP contribution in [0, 0.1) is 13.8 Å². The zero-order valence-corrected chi connectivity index (χ0v) is 14.7. The van der Waals surface area contributed by atoms with Gasteiger partial charge in [-0.3, -0.25) is 4.68 Å². The second-order valence-corrected chi connectivity index (χ2v) is 5.93. The Kier molecular flexibility index (Phi) is 4.76. The Morgan fingerprint density at radius 3 is 2.79 bits per heavy atom. The van der Waals surface area contributed by atoms with E-state index in [9.17, 15) is 0 Å². The molecule has 2 heterocycles. The second kappa shape index (κ2) is 6.97. The molecular formula is C17H19ClN6. The first-order chi connectivity index (χ1) is 11.6. The average molecular weight is 343 g/mol. The molecule has 0 bridgehead atoms. The molecular weight excluding hydrogens is 324 g/mol. The number of aromatic nitrogens is 5. The highest BCUT2D eigenvalue weighted by Crippen LogP contribution is 2.21. The molecule has 3 rings (SSSR count). The van der Waals surface area contributed by atoms with Crippen LogP contribution in [0.25, 0.3) is 11.3 Å². The predicted molar refractivity (Wildman–Crippen MR) is 95.0 cm³/mol. The molecule has 0 unspecified atom stereocenters. The summed E-state index contributed by atoms with van der Waals surface area (Å²) in [5.74, 6) is 0.482. The van der Waals surface area contributed by atoms with Gasteiger partial charge in [0.05, 0.1) is 17.6 Å². The maximum absolute atomic E-state index is 6.04. The summed E-state index contributed by atoms with van der Waals surface area (Å²) in [5, 5.41) is 16.5. The van der Waals surface area contributed by atoms with Gasteiger partial charge < -0.3 is 5.32 Å². The van der Waals surface area contributed by atoms with Crippen molar-refractivity contribution in [3.05, 3.63) is 52.4 Å². The van der Waals surface area contributed by atoms with E-state index < -0.39 is 0 Å². The summed E-state index contributed by atoms with van der Waals surface area (Å²) in [6.45, 7) is 7.63. The number of nitrogens with zero attached hydrogens (tertiary/aromatic N) is 5. The van der Waals surface area contributed by atoms with Gasteiger partial charge in [0.1, 0.15) is 0 Å². The van der Waals surface area contributed by atoms with Crippen LogP contribution < -0.4 is 5.32 Å². The fourth-order valence-electron chi connectivity index (χ4n) is 2.63. The van der Waals surface area contributed by atoms with Crippen molar-refractivity contribution in [2.45, 2.75) is 33.9 Å². The van der Waals surface area contributed by atoms with E-state index in [1.54, 1.807) is 6.20 Å². The fourth-order valence-corrected chi connectivity index (χ4v) is 2.82. The highest BCUT2D eigenvalue weighted by molar-refractivity contribution is 6.30. The molecule has 124 valence electrons. The first-order valence-electron chi connectivity index (χ1n) is 7.81. The lowest BCUT2D eigenvalue weighted by Crippen LogP contribution is -2.07. The van der Waals surface area contributed by atoms with Gasteiger partial charge in [-0.1, -0.05) is 23.7 Å². The Hall–Kier alpha value is -2.47. The van der Waals surface area contributed by atoms with Gasteiger partial charge in [-0.05, 0) is 32.9 Å². The lowest BCUT2D eigenvalue weighted by molar-refractivity contribution is 0.633. The zero-order chi connectivity index (χ0) is 17.1. The minimum Gasteiger partial charge on any atom is -0.349 e. The van der Waals surface area contributed by atoms with Crippen LogP contribution in [0.5, 0.6) is 0 Å². The molecule has 0 saturated carbocycles. The third-order valence-electron chi connectivity index (χ3n) is 3.93. The molecule has 0 atom stereocenters. The van der Waals surface area contributed by atoms with E-state index in [0.717, 1.165) is 34.8 Å². The molecule has 0 fully saturated rings. The second-order valence-electron chi connectivity index (χ2n) is 5.49. The molecule has 6 nitrogen and oxygen atoms in total. The third kappa shape index (κ3) is 3.38. The van der Waals surface area contributed by atoms with Crippen LogP contribution >= 0.6 is 11.6 Å². The number of rotatable bonds is 5. The van der Waals surface area contributed by atoms with Crippen molar-refractivity contribution in [1.29, 1.82) is 0 Å². The highest BCUT2D eigenvalue weighted by atomic mass is 35.5. The molecule has 0 aliphatic rings. The smallest absolute Gasteiger partial charge is 0.243 e. The first-order valence-corrected chi connectivity index (χ1v) is 8.18. The minimum atomic E-state index is 0.482. The lowest BCUT2D eigenvalue weighted by Gasteiger charge is -2.07. The van der Waals surface area contributed by atoms with Crippen molar-refractivity contribution in [1.82, 2.24) is 25.0 Å². The number of anilines is 1. The average Bonchev–Trinajstić information content (AvgIpc) is 2.87. The van der Waals surface area contributed by atoms with Crippen molar-refractivity contribution < 1.29 is 0 Å².